The Bertz CT molecular complexity index is 1330. The molecule has 3 aromatic carbocycles. The summed E-state index contributed by atoms with van der Waals surface area (Å²) in [5.41, 5.74) is 1.67. The van der Waals surface area contributed by atoms with Crippen LogP contribution in [0.5, 0.6) is 0 Å². The van der Waals surface area contributed by atoms with Crippen molar-refractivity contribution in [3.05, 3.63) is 95.0 Å². The first kappa shape index (κ1) is 29.2. The number of rotatable bonds is 12. The molecule has 202 valence electrons. The molecule has 0 aromatic heterocycles. The molecule has 0 saturated heterocycles. The molecule has 2 amide bonds. The number of nitrogens with one attached hydrogen (secondary N) is 1. The number of carbonyl (C=O) groups is 2. The van der Waals surface area contributed by atoms with Crippen LogP contribution in [0.3, 0.4) is 0 Å². The maximum atomic E-state index is 14.0. The summed E-state index contributed by atoms with van der Waals surface area (Å²) in [5, 5.41) is 3.26. The molecule has 9 heteroatoms. The summed E-state index contributed by atoms with van der Waals surface area (Å²) in [6.45, 7) is 5.65. The number of sulfonamides is 1. The maximum absolute atomic E-state index is 14.0. The third-order valence-electron chi connectivity index (χ3n) is 6.25. The van der Waals surface area contributed by atoms with Crippen LogP contribution in [0.2, 0.25) is 5.02 Å². The summed E-state index contributed by atoms with van der Waals surface area (Å²) in [6.07, 6.45) is 1.13. The van der Waals surface area contributed by atoms with Gasteiger partial charge in [0.1, 0.15) is 12.6 Å². The van der Waals surface area contributed by atoms with E-state index >= 15 is 0 Å². The van der Waals surface area contributed by atoms with Gasteiger partial charge < -0.3 is 10.2 Å². The predicted molar refractivity (Wildman–Crippen MR) is 152 cm³/mol. The SMILES string of the molecule is CCCNC(=O)[C@H](CC)N(Cc1ccccc1)C(=O)CN(c1cccc(Cl)c1C)S(=O)(=O)c1ccccc1. The van der Waals surface area contributed by atoms with Gasteiger partial charge in [-0.3, -0.25) is 13.9 Å². The van der Waals surface area contributed by atoms with E-state index in [1.807, 2.05) is 44.2 Å². The molecule has 7 nitrogen and oxygen atoms in total. The molecule has 3 aromatic rings. The number of hydrogen-bond acceptors (Lipinski definition) is 4. The summed E-state index contributed by atoms with van der Waals surface area (Å²) < 4.78 is 28.8. The quantitative estimate of drug-likeness (QED) is 0.334. The van der Waals surface area contributed by atoms with Crippen molar-refractivity contribution in [1.29, 1.82) is 0 Å². The van der Waals surface area contributed by atoms with Gasteiger partial charge in [0.2, 0.25) is 11.8 Å². The van der Waals surface area contributed by atoms with E-state index in [1.54, 1.807) is 43.3 Å². The van der Waals surface area contributed by atoms with Gasteiger partial charge in [0, 0.05) is 18.1 Å². The minimum atomic E-state index is -4.14. The van der Waals surface area contributed by atoms with E-state index in [0.717, 1.165) is 16.3 Å². The Labute approximate surface area is 230 Å². The van der Waals surface area contributed by atoms with Crippen molar-refractivity contribution in [2.45, 2.75) is 51.1 Å². The lowest BCUT2D eigenvalue weighted by molar-refractivity contribution is -0.140. The van der Waals surface area contributed by atoms with Crippen molar-refractivity contribution in [3.8, 4) is 0 Å². The van der Waals surface area contributed by atoms with Gasteiger partial charge >= 0.3 is 0 Å². The van der Waals surface area contributed by atoms with Gasteiger partial charge in [-0.05, 0) is 55.2 Å². The van der Waals surface area contributed by atoms with Gasteiger partial charge in [0.25, 0.3) is 10.0 Å². The number of anilines is 1. The van der Waals surface area contributed by atoms with Crippen LogP contribution in [0.25, 0.3) is 0 Å². The van der Waals surface area contributed by atoms with Gasteiger partial charge in [-0.15, -0.1) is 0 Å². The second-order valence-electron chi connectivity index (χ2n) is 8.93. The van der Waals surface area contributed by atoms with Crippen molar-refractivity contribution in [3.63, 3.8) is 0 Å². The smallest absolute Gasteiger partial charge is 0.264 e. The lowest BCUT2D eigenvalue weighted by Gasteiger charge is -2.33. The summed E-state index contributed by atoms with van der Waals surface area (Å²) >= 11 is 6.35. The topological polar surface area (TPSA) is 86.8 Å². The van der Waals surface area contributed by atoms with Crippen LogP contribution in [0.4, 0.5) is 5.69 Å². The lowest BCUT2D eigenvalue weighted by Crippen LogP contribution is -2.52. The second-order valence-corrected chi connectivity index (χ2v) is 11.2. The Morgan fingerprint density at radius 3 is 2.16 bits per heavy atom. The highest BCUT2D eigenvalue weighted by Crippen LogP contribution is 2.31. The van der Waals surface area contributed by atoms with Crippen LogP contribution in [0.15, 0.2) is 83.8 Å². The molecule has 0 saturated carbocycles. The van der Waals surface area contributed by atoms with Crippen LogP contribution < -0.4 is 9.62 Å². The van der Waals surface area contributed by atoms with Gasteiger partial charge in [-0.2, -0.15) is 0 Å². The number of amides is 2. The first-order chi connectivity index (χ1) is 18.2. The predicted octanol–water partition coefficient (Wildman–Crippen LogP) is 5.18. The normalized spacial score (nSPS) is 12.0. The summed E-state index contributed by atoms with van der Waals surface area (Å²) in [7, 11) is -4.14. The maximum Gasteiger partial charge on any atom is 0.264 e. The minimum absolute atomic E-state index is 0.0505. The summed E-state index contributed by atoms with van der Waals surface area (Å²) in [6, 6.07) is 21.5. The number of carbonyl (C=O) groups excluding carboxylic acids is 2. The van der Waals surface area contributed by atoms with E-state index in [4.69, 9.17) is 11.6 Å². The van der Waals surface area contributed by atoms with Gasteiger partial charge in [0.15, 0.2) is 0 Å². The minimum Gasteiger partial charge on any atom is -0.354 e. The molecule has 38 heavy (non-hydrogen) atoms. The Morgan fingerprint density at radius 1 is 0.921 bits per heavy atom. The molecule has 0 heterocycles. The highest BCUT2D eigenvalue weighted by molar-refractivity contribution is 7.92. The van der Waals surface area contributed by atoms with Crippen LogP contribution >= 0.6 is 11.6 Å². The molecule has 0 aliphatic heterocycles. The number of hydrogen-bond donors (Lipinski definition) is 1. The Balaban J connectivity index is 2.07. The number of halogens is 1. The molecule has 3 rings (SSSR count). The molecule has 1 N–H and O–H groups in total. The monoisotopic (exact) mass is 555 g/mol. The first-order valence-corrected chi connectivity index (χ1v) is 14.5. The summed E-state index contributed by atoms with van der Waals surface area (Å²) in [4.78, 5) is 28.6. The standard InChI is InChI=1S/C29H34ClN3O4S/c1-4-19-31-29(35)26(5-2)32(20-23-13-8-6-9-14-23)28(34)21-33(27-18-12-17-25(30)22(27)3)38(36,37)24-15-10-7-11-16-24/h6-18,26H,4-5,19-21H2,1-3H3,(H,31,35)/t26-/m0/s1. The molecule has 0 unspecified atom stereocenters. The van der Waals surface area contributed by atoms with Crippen LogP contribution in [-0.2, 0) is 26.2 Å². The average molecular weight is 556 g/mol. The second kappa shape index (κ2) is 13.4. The summed E-state index contributed by atoms with van der Waals surface area (Å²) in [5.74, 6) is -0.763. The Morgan fingerprint density at radius 2 is 1.55 bits per heavy atom. The van der Waals surface area contributed by atoms with E-state index in [1.165, 1.54) is 17.0 Å². The van der Waals surface area contributed by atoms with Gasteiger partial charge in [-0.25, -0.2) is 8.42 Å². The molecule has 1 atom stereocenters. The number of nitrogens with zero attached hydrogens (tertiary/aromatic N) is 2. The Kier molecular flexibility index (Phi) is 10.3. The fourth-order valence-electron chi connectivity index (χ4n) is 4.16. The van der Waals surface area contributed by atoms with Crippen LogP contribution in [-0.4, -0.2) is 44.3 Å². The van der Waals surface area contributed by atoms with Crippen molar-refractivity contribution in [1.82, 2.24) is 10.2 Å². The molecule has 0 radical (unpaired) electrons. The lowest BCUT2D eigenvalue weighted by atomic mass is 10.1. The molecule has 0 spiro atoms. The number of benzene rings is 3. The van der Waals surface area contributed by atoms with E-state index in [2.05, 4.69) is 5.32 Å². The van der Waals surface area contributed by atoms with Crippen molar-refractivity contribution in [2.75, 3.05) is 17.4 Å². The van der Waals surface area contributed by atoms with Crippen LogP contribution in [0, 0.1) is 6.92 Å². The zero-order chi connectivity index (χ0) is 27.7. The zero-order valence-corrected chi connectivity index (χ0v) is 23.5. The molecule has 0 aliphatic rings. The van der Waals surface area contributed by atoms with E-state index in [-0.39, 0.29) is 17.3 Å². The zero-order valence-electron chi connectivity index (χ0n) is 21.9. The van der Waals surface area contributed by atoms with Crippen molar-refractivity contribution in [2.24, 2.45) is 0 Å². The third kappa shape index (κ3) is 6.94. The first-order valence-electron chi connectivity index (χ1n) is 12.6. The van der Waals surface area contributed by atoms with E-state index < -0.39 is 28.5 Å². The molecule has 0 aliphatic carbocycles. The fourth-order valence-corrected chi connectivity index (χ4v) is 5.83. The van der Waals surface area contributed by atoms with Gasteiger partial charge in [0.05, 0.1) is 10.6 Å². The molecular weight excluding hydrogens is 522 g/mol. The Hall–Kier alpha value is -3.36. The highest BCUT2D eigenvalue weighted by Gasteiger charge is 2.34. The molecular formula is C29H34ClN3O4S. The van der Waals surface area contributed by atoms with Crippen molar-refractivity contribution >= 4 is 39.1 Å². The van der Waals surface area contributed by atoms with Crippen LogP contribution in [0.1, 0.15) is 37.8 Å². The fraction of sp³-hybridized carbons (Fsp3) is 0.310. The largest absolute Gasteiger partial charge is 0.354 e. The van der Waals surface area contributed by atoms with E-state index in [9.17, 15) is 18.0 Å². The third-order valence-corrected chi connectivity index (χ3v) is 8.43. The van der Waals surface area contributed by atoms with Gasteiger partial charge in [-0.1, -0.05) is 80.0 Å². The average Bonchev–Trinajstić information content (AvgIpc) is 2.93. The molecule has 0 bridgehead atoms. The highest BCUT2D eigenvalue weighted by atomic mass is 35.5. The van der Waals surface area contributed by atoms with Crippen molar-refractivity contribution < 1.29 is 18.0 Å². The van der Waals surface area contributed by atoms with E-state index in [0.29, 0.717) is 29.2 Å². The molecule has 0 fully saturated rings.